The van der Waals surface area contributed by atoms with Crippen LogP contribution in [0.1, 0.15) is 34.1 Å². The fraction of sp³-hybridized carbons (Fsp3) is 1.00. The molecule has 0 aliphatic heterocycles. The highest BCUT2D eigenvalue weighted by molar-refractivity contribution is 7.48. The molecule has 0 aromatic carbocycles. The molecule has 0 heterocycles. The first-order valence-corrected chi connectivity index (χ1v) is 6.11. The summed E-state index contributed by atoms with van der Waals surface area (Å²) in [5.41, 5.74) is 0. The molecule has 0 spiro atoms. The van der Waals surface area contributed by atoms with Crippen molar-refractivity contribution in [2.45, 2.75) is 40.2 Å². The molecule has 80 valence electrons. The molecule has 0 N–H and O–H groups in total. The van der Waals surface area contributed by atoms with E-state index in [9.17, 15) is 4.57 Å². The van der Waals surface area contributed by atoms with Gasteiger partial charge in [0.2, 0.25) is 0 Å². The van der Waals surface area contributed by atoms with Crippen LogP contribution < -0.4 is 0 Å². The predicted molar refractivity (Wildman–Crippen MR) is 51.7 cm³/mol. The topological polar surface area (TPSA) is 44.8 Å². The first-order chi connectivity index (χ1) is 6.08. The summed E-state index contributed by atoms with van der Waals surface area (Å²) in [6.45, 7) is 7.95. The van der Waals surface area contributed by atoms with Crippen LogP contribution in [0.3, 0.4) is 0 Å². The smallest absolute Gasteiger partial charge is 0.287 e. The highest BCUT2D eigenvalue weighted by Crippen LogP contribution is 2.50. The summed E-state index contributed by atoms with van der Waals surface area (Å²) in [7, 11) is -3.29. The molecule has 1 unspecified atom stereocenters. The minimum atomic E-state index is -3.29. The molecular weight excluding hydrogens is 191 g/mol. The summed E-state index contributed by atoms with van der Waals surface area (Å²) in [5, 5.41) is 0. The molecule has 0 rings (SSSR count). The maximum atomic E-state index is 11.7. The van der Waals surface area contributed by atoms with Gasteiger partial charge in [0.05, 0.1) is 19.3 Å². The van der Waals surface area contributed by atoms with Crippen LogP contribution in [-0.4, -0.2) is 19.3 Å². The average molecular weight is 210 g/mol. The summed E-state index contributed by atoms with van der Waals surface area (Å²) in [4.78, 5) is 0. The van der Waals surface area contributed by atoms with Crippen molar-refractivity contribution in [2.24, 2.45) is 0 Å². The summed E-state index contributed by atoms with van der Waals surface area (Å²) >= 11 is 0. The first kappa shape index (κ1) is 13.1. The highest BCUT2D eigenvalue weighted by Gasteiger charge is 2.27. The quantitative estimate of drug-likeness (QED) is 0.606. The van der Waals surface area contributed by atoms with E-state index in [0.29, 0.717) is 13.2 Å². The number of rotatable bonds is 7. The summed E-state index contributed by atoms with van der Waals surface area (Å²) in [6.07, 6.45) is 0.674. The van der Waals surface area contributed by atoms with Crippen molar-refractivity contribution >= 4 is 7.82 Å². The molecule has 1 atom stereocenters. The summed E-state index contributed by atoms with van der Waals surface area (Å²) < 4.78 is 26.8. The second-order valence-electron chi connectivity index (χ2n) is 2.61. The van der Waals surface area contributed by atoms with Gasteiger partial charge in [0.25, 0.3) is 0 Å². The van der Waals surface area contributed by atoms with Gasteiger partial charge in [-0.3, -0.25) is 13.6 Å². The van der Waals surface area contributed by atoms with E-state index in [4.69, 9.17) is 13.6 Å². The van der Waals surface area contributed by atoms with Crippen molar-refractivity contribution in [3.8, 4) is 0 Å². The number of hydrogen-bond donors (Lipinski definition) is 0. The molecule has 0 aliphatic rings. The van der Waals surface area contributed by atoms with Crippen LogP contribution in [0.2, 0.25) is 0 Å². The third-order valence-electron chi connectivity index (χ3n) is 1.46. The predicted octanol–water partition coefficient (Wildman–Crippen LogP) is 2.98. The van der Waals surface area contributed by atoms with E-state index in [1.165, 1.54) is 0 Å². The Morgan fingerprint density at radius 3 is 1.92 bits per heavy atom. The van der Waals surface area contributed by atoms with Crippen LogP contribution in [0.4, 0.5) is 0 Å². The molecule has 0 radical (unpaired) electrons. The van der Waals surface area contributed by atoms with E-state index >= 15 is 0 Å². The van der Waals surface area contributed by atoms with Crippen LogP contribution in [0, 0.1) is 0 Å². The first-order valence-electron chi connectivity index (χ1n) is 4.65. The Hall–Kier alpha value is 0.110. The van der Waals surface area contributed by atoms with Crippen LogP contribution in [-0.2, 0) is 18.1 Å². The molecular formula is C8H19O4P. The van der Waals surface area contributed by atoms with Crippen molar-refractivity contribution in [3.63, 3.8) is 0 Å². The fourth-order valence-corrected chi connectivity index (χ4v) is 2.13. The van der Waals surface area contributed by atoms with Gasteiger partial charge >= 0.3 is 7.82 Å². The molecule has 0 aromatic heterocycles. The van der Waals surface area contributed by atoms with E-state index in [-0.39, 0.29) is 6.10 Å². The minimum Gasteiger partial charge on any atom is -0.287 e. The Morgan fingerprint density at radius 2 is 1.62 bits per heavy atom. The van der Waals surface area contributed by atoms with Crippen LogP contribution in [0.5, 0.6) is 0 Å². The van der Waals surface area contributed by atoms with Gasteiger partial charge in [-0.05, 0) is 27.2 Å². The third kappa shape index (κ3) is 5.42. The van der Waals surface area contributed by atoms with Crippen molar-refractivity contribution in [2.75, 3.05) is 13.2 Å². The van der Waals surface area contributed by atoms with Gasteiger partial charge in [-0.15, -0.1) is 0 Å². The maximum absolute atomic E-state index is 11.7. The maximum Gasteiger partial charge on any atom is 0.475 e. The summed E-state index contributed by atoms with van der Waals surface area (Å²) in [5.74, 6) is 0. The van der Waals surface area contributed by atoms with E-state index in [1.807, 2.05) is 13.8 Å². The molecule has 5 heteroatoms. The Balaban J connectivity index is 4.14. The van der Waals surface area contributed by atoms with Gasteiger partial charge < -0.3 is 0 Å². The van der Waals surface area contributed by atoms with Gasteiger partial charge in [0, 0.05) is 0 Å². The molecule has 0 saturated heterocycles. The molecule has 0 amide bonds. The Kier molecular flexibility index (Phi) is 6.60. The average Bonchev–Trinajstić information content (AvgIpc) is 2.04. The Bertz CT molecular complexity index is 162. The fourth-order valence-electron chi connectivity index (χ4n) is 0.709. The van der Waals surface area contributed by atoms with Gasteiger partial charge in [0.15, 0.2) is 0 Å². The normalized spacial score (nSPS) is 14.5. The number of phosphoric ester groups is 1. The van der Waals surface area contributed by atoms with Crippen molar-refractivity contribution in [3.05, 3.63) is 0 Å². The largest absolute Gasteiger partial charge is 0.475 e. The molecule has 0 aromatic rings. The monoisotopic (exact) mass is 210 g/mol. The van der Waals surface area contributed by atoms with Crippen LogP contribution >= 0.6 is 7.82 Å². The van der Waals surface area contributed by atoms with Crippen LogP contribution in [0.25, 0.3) is 0 Å². The zero-order valence-corrected chi connectivity index (χ0v) is 9.67. The van der Waals surface area contributed by atoms with E-state index in [0.717, 1.165) is 6.42 Å². The zero-order valence-electron chi connectivity index (χ0n) is 8.78. The van der Waals surface area contributed by atoms with E-state index < -0.39 is 7.82 Å². The number of hydrogen-bond acceptors (Lipinski definition) is 4. The van der Waals surface area contributed by atoms with Gasteiger partial charge in [-0.2, -0.15) is 0 Å². The lowest BCUT2D eigenvalue weighted by atomic mass is 10.3. The molecule has 13 heavy (non-hydrogen) atoms. The van der Waals surface area contributed by atoms with E-state index in [1.54, 1.807) is 13.8 Å². The third-order valence-corrected chi connectivity index (χ3v) is 3.23. The molecule has 0 saturated carbocycles. The summed E-state index contributed by atoms with van der Waals surface area (Å²) in [6, 6.07) is 0. The van der Waals surface area contributed by atoms with Crippen molar-refractivity contribution in [1.29, 1.82) is 0 Å². The second kappa shape index (κ2) is 6.55. The van der Waals surface area contributed by atoms with Gasteiger partial charge in [-0.1, -0.05) is 6.92 Å². The molecule has 0 aliphatic carbocycles. The van der Waals surface area contributed by atoms with Crippen molar-refractivity contribution in [1.82, 2.24) is 0 Å². The Morgan fingerprint density at radius 1 is 1.15 bits per heavy atom. The highest BCUT2D eigenvalue weighted by atomic mass is 31.2. The van der Waals surface area contributed by atoms with Gasteiger partial charge in [0.1, 0.15) is 0 Å². The standard InChI is InChI=1S/C8H19O4P/c1-5-8(4)12-13(9,10-6-2)11-7-3/h8H,5-7H2,1-4H3. The number of phosphoric acid groups is 1. The van der Waals surface area contributed by atoms with Gasteiger partial charge in [-0.25, -0.2) is 4.57 Å². The second-order valence-corrected chi connectivity index (χ2v) is 4.23. The van der Waals surface area contributed by atoms with Crippen LogP contribution in [0.15, 0.2) is 0 Å². The Labute approximate surface area is 80.2 Å². The molecule has 4 nitrogen and oxygen atoms in total. The lowest BCUT2D eigenvalue weighted by molar-refractivity contribution is 0.0894. The molecule has 0 bridgehead atoms. The lowest BCUT2D eigenvalue weighted by Gasteiger charge is -2.19. The minimum absolute atomic E-state index is 0.107. The lowest BCUT2D eigenvalue weighted by Crippen LogP contribution is -2.08. The molecule has 0 fully saturated rings. The zero-order chi connectivity index (χ0) is 10.3. The van der Waals surface area contributed by atoms with Crippen molar-refractivity contribution < 1.29 is 18.1 Å². The SMILES string of the molecule is CCOP(=O)(OCC)OC(C)CC. The van der Waals surface area contributed by atoms with E-state index in [2.05, 4.69) is 0 Å².